The van der Waals surface area contributed by atoms with Gasteiger partial charge in [-0.05, 0) is 24.3 Å². The van der Waals surface area contributed by atoms with Gasteiger partial charge in [-0.3, -0.25) is 0 Å². The minimum absolute atomic E-state index is 0.00628. The van der Waals surface area contributed by atoms with Crippen molar-refractivity contribution in [3.63, 3.8) is 0 Å². The average Bonchev–Trinajstić information content (AvgIpc) is 2.43. The lowest BCUT2D eigenvalue weighted by molar-refractivity contribution is 0.427. The van der Waals surface area contributed by atoms with E-state index in [1.54, 1.807) is 6.07 Å². The zero-order valence-electron chi connectivity index (χ0n) is 9.39. The molecule has 2 rings (SSSR count). The number of aromatic nitrogens is 1. The zero-order chi connectivity index (χ0) is 13.8. The summed E-state index contributed by atoms with van der Waals surface area (Å²) in [6.07, 6.45) is 0. The quantitative estimate of drug-likeness (QED) is 0.841. The summed E-state index contributed by atoms with van der Waals surface area (Å²) >= 11 is 5.72. The maximum atomic E-state index is 13.6. The number of hydrogen-bond acceptors (Lipinski definition) is 4. The van der Waals surface area contributed by atoms with Crippen molar-refractivity contribution in [3.05, 3.63) is 52.4 Å². The van der Waals surface area contributed by atoms with E-state index in [1.165, 1.54) is 24.3 Å². The minimum Gasteiger partial charge on any atom is -0.436 e. The molecule has 0 aliphatic carbocycles. The van der Waals surface area contributed by atoms with Crippen LogP contribution in [0, 0.1) is 28.5 Å². The van der Waals surface area contributed by atoms with E-state index in [4.69, 9.17) is 26.9 Å². The molecule has 6 heteroatoms. The predicted molar refractivity (Wildman–Crippen MR) is 65.2 cm³/mol. The second-order valence-corrected chi connectivity index (χ2v) is 3.86. The summed E-state index contributed by atoms with van der Waals surface area (Å²) in [5.74, 6) is -0.725. The van der Waals surface area contributed by atoms with Gasteiger partial charge in [0.1, 0.15) is 6.07 Å². The Bertz CT molecular complexity index is 719. The molecule has 19 heavy (non-hydrogen) atoms. The molecule has 4 nitrogen and oxygen atoms in total. The third kappa shape index (κ3) is 2.79. The Morgan fingerprint density at radius 1 is 1.16 bits per heavy atom. The van der Waals surface area contributed by atoms with Crippen LogP contribution < -0.4 is 4.74 Å². The molecule has 0 unspecified atom stereocenters. The zero-order valence-corrected chi connectivity index (χ0v) is 10.1. The van der Waals surface area contributed by atoms with Crippen molar-refractivity contribution in [3.8, 4) is 23.8 Å². The molecule has 2 aromatic rings. The van der Waals surface area contributed by atoms with Crippen molar-refractivity contribution in [2.75, 3.05) is 0 Å². The Morgan fingerprint density at radius 2 is 1.95 bits per heavy atom. The van der Waals surface area contributed by atoms with Crippen LogP contribution in [0.15, 0.2) is 30.3 Å². The van der Waals surface area contributed by atoms with Gasteiger partial charge in [0.15, 0.2) is 17.3 Å². The number of halogens is 2. The van der Waals surface area contributed by atoms with Gasteiger partial charge >= 0.3 is 0 Å². The van der Waals surface area contributed by atoms with E-state index in [0.29, 0.717) is 0 Å². The van der Waals surface area contributed by atoms with Crippen molar-refractivity contribution in [1.29, 1.82) is 10.5 Å². The third-order valence-corrected chi connectivity index (χ3v) is 2.51. The van der Waals surface area contributed by atoms with Gasteiger partial charge in [-0.2, -0.15) is 10.5 Å². The van der Waals surface area contributed by atoms with Crippen LogP contribution in [-0.4, -0.2) is 4.98 Å². The molecule has 0 radical (unpaired) electrons. The standard InChI is InChI=1S/C13H5ClFN3O/c14-9-2-4-13(18-11(9)7-17)19-12-3-1-8(6-16)5-10(12)15/h1-5H. The highest BCUT2D eigenvalue weighted by molar-refractivity contribution is 6.31. The Balaban J connectivity index is 2.32. The van der Waals surface area contributed by atoms with E-state index < -0.39 is 5.82 Å². The summed E-state index contributed by atoms with van der Waals surface area (Å²) in [6, 6.07) is 10.2. The molecular weight excluding hydrogens is 269 g/mol. The van der Waals surface area contributed by atoms with E-state index in [2.05, 4.69) is 4.98 Å². The van der Waals surface area contributed by atoms with Gasteiger partial charge in [0.25, 0.3) is 0 Å². The Kier molecular flexibility index (Phi) is 3.61. The lowest BCUT2D eigenvalue weighted by atomic mass is 10.2. The maximum Gasteiger partial charge on any atom is 0.220 e. The van der Waals surface area contributed by atoms with Crippen LogP contribution in [0.3, 0.4) is 0 Å². The van der Waals surface area contributed by atoms with Crippen molar-refractivity contribution in [2.45, 2.75) is 0 Å². The maximum absolute atomic E-state index is 13.6. The summed E-state index contributed by atoms with van der Waals surface area (Å²) in [5, 5.41) is 17.6. The highest BCUT2D eigenvalue weighted by Gasteiger charge is 2.09. The lowest BCUT2D eigenvalue weighted by Gasteiger charge is -2.06. The summed E-state index contributed by atoms with van der Waals surface area (Å²) in [7, 11) is 0. The summed E-state index contributed by atoms with van der Waals surface area (Å²) < 4.78 is 18.8. The molecule has 0 bridgehead atoms. The third-order valence-electron chi connectivity index (χ3n) is 2.20. The molecule has 0 amide bonds. The first-order chi connectivity index (χ1) is 9.13. The van der Waals surface area contributed by atoms with E-state index in [9.17, 15) is 4.39 Å². The monoisotopic (exact) mass is 273 g/mol. The molecule has 0 N–H and O–H groups in total. The lowest BCUT2D eigenvalue weighted by Crippen LogP contribution is -1.93. The molecule has 1 heterocycles. The molecule has 0 aliphatic heterocycles. The molecule has 1 aromatic carbocycles. The fourth-order valence-electron chi connectivity index (χ4n) is 1.33. The van der Waals surface area contributed by atoms with Crippen LogP contribution in [0.5, 0.6) is 11.6 Å². The number of ether oxygens (including phenoxy) is 1. The molecular formula is C13H5ClFN3O. The fraction of sp³-hybridized carbons (Fsp3) is 0. The summed E-state index contributed by atoms with van der Waals surface area (Å²) in [5.41, 5.74) is 0.180. The van der Waals surface area contributed by atoms with E-state index >= 15 is 0 Å². The summed E-state index contributed by atoms with van der Waals surface area (Å²) in [6.45, 7) is 0. The van der Waals surface area contributed by atoms with Gasteiger partial charge in [-0.15, -0.1) is 0 Å². The summed E-state index contributed by atoms with van der Waals surface area (Å²) in [4.78, 5) is 3.82. The first-order valence-corrected chi connectivity index (χ1v) is 5.46. The molecule has 92 valence electrons. The van der Waals surface area contributed by atoms with Crippen molar-refractivity contribution < 1.29 is 9.13 Å². The molecule has 0 fully saturated rings. The van der Waals surface area contributed by atoms with Gasteiger partial charge in [-0.25, -0.2) is 9.37 Å². The highest BCUT2D eigenvalue weighted by Crippen LogP contribution is 2.25. The van der Waals surface area contributed by atoms with Crippen LogP contribution in [0.4, 0.5) is 4.39 Å². The molecule has 0 saturated carbocycles. The molecule has 1 aromatic heterocycles. The predicted octanol–water partition coefficient (Wildman–Crippen LogP) is 3.41. The second-order valence-electron chi connectivity index (χ2n) is 3.45. The fourth-order valence-corrected chi connectivity index (χ4v) is 1.47. The SMILES string of the molecule is N#Cc1ccc(Oc2ccc(Cl)c(C#N)n2)c(F)c1. The van der Waals surface area contributed by atoms with E-state index in [0.717, 1.165) is 6.07 Å². The molecule has 0 saturated heterocycles. The number of pyridine rings is 1. The Hall–Kier alpha value is -2.63. The van der Waals surface area contributed by atoms with Crippen molar-refractivity contribution in [2.24, 2.45) is 0 Å². The number of hydrogen-bond donors (Lipinski definition) is 0. The first-order valence-electron chi connectivity index (χ1n) is 5.08. The molecule has 0 spiro atoms. The van der Waals surface area contributed by atoms with E-state index in [1.807, 2.05) is 6.07 Å². The molecule has 0 aliphatic rings. The van der Waals surface area contributed by atoms with Gasteiger partial charge in [0.05, 0.1) is 16.7 Å². The van der Waals surface area contributed by atoms with Crippen LogP contribution in [-0.2, 0) is 0 Å². The Labute approximate surface area is 113 Å². The van der Waals surface area contributed by atoms with E-state index in [-0.39, 0.29) is 27.9 Å². The second kappa shape index (κ2) is 5.34. The van der Waals surface area contributed by atoms with Crippen molar-refractivity contribution in [1.82, 2.24) is 4.98 Å². The Morgan fingerprint density at radius 3 is 2.58 bits per heavy atom. The van der Waals surface area contributed by atoms with Gasteiger partial charge in [-0.1, -0.05) is 11.6 Å². The normalized spacial score (nSPS) is 9.47. The van der Waals surface area contributed by atoms with Crippen LogP contribution >= 0.6 is 11.6 Å². The highest BCUT2D eigenvalue weighted by atomic mass is 35.5. The molecule has 0 atom stereocenters. The number of rotatable bonds is 2. The van der Waals surface area contributed by atoms with Crippen LogP contribution in [0.1, 0.15) is 11.3 Å². The smallest absolute Gasteiger partial charge is 0.220 e. The number of nitriles is 2. The minimum atomic E-state index is -0.686. The number of benzene rings is 1. The van der Waals surface area contributed by atoms with Crippen LogP contribution in [0.2, 0.25) is 5.02 Å². The van der Waals surface area contributed by atoms with Crippen LogP contribution in [0.25, 0.3) is 0 Å². The largest absolute Gasteiger partial charge is 0.436 e. The van der Waals surface area contributed by atoms with Gasteiger partial charge < -0.3 is 4.74 Å². The first kappa shape index (κ1) is 12.8. The van der Waals surface area contributed by atoms with Crippen molar-refractivity contribution >= 4 is 11.6 Å². The topological polar surface area (TPSA) is 69.7 Å². The number of nitrogens with zero attached hydrogens (tertiary/aromatic N) is 3. The average molecular weight is 274 g/mol. The van der Waals surface area contributed by atoms with Gasteiger partial charge in [0, 0.05) is 6.07 Å². The van der Waals surface area contributed by atoms with Gasteiger partial charge in [0.2, 0.25) is 5.88 Å².